The maximum atomic E-state index is 3.67. The van der Waals surface area contributed by atoms with E-state index in [0.717, 1.165) is 0 Å². The highest BCUT2D eigenvalue weighted by atomic mass is 127. The fourth-order valence-electron chi connectivity index (χ4n) is 2.39. The van der Waals surface area contributed by atoms with Gasteiger partial charge >= 0.3 is 0 Å². The Morgan fingerprint density at radius 2 is 1.53 bits per heavy atom. The number of hydrogen-bond donors (Lipinski definition) is 1. The Morgan fingerprint density at radius 3 is 2.16 bits per heavy atom. The predicted molar refractivity (Wildman–Crippen MR) is 90.3 cm³/mol. The molecule has 0 radical (unpaired) electrons. The summed E-state index contributed by atoms with van der Waals surface area (Å²) in [5.74, 6) is 0. The summed E-state index contributed by atoms with van der Waals surface area (Å²) in [6, 6.07) is 18.0. The van der Waals surface area contributed by atoms with Crippen LogP contribution in [0.25, 0.3) is 0 Å². The summed E-state index contributed by atoms with van der Waals surface area (Å²) in [5, 5.41) is 3.67. The third-order valence-electron chi connectivity index (χ3n) is 3.52. The lowest BCUT2D eigenvalue weighted by atomic mass is 10.0. The molecule has 0 aliphatic rings. The number of halogens is 1. The predicted octanol–water partition coefficient (Wildman–Crippen LogP) is 5.01. The lowest BCUT2D eigenvalue weighted by Gasteiger charge is -2.22. The maximum Gasteiger partial charge on any atom is 0.0300 e. The van der Waals surface area contributed by atoms with Crippen LogP contribution in [0.1, 0.15) is 42.6 Å². The monoisotopic (exact) mass is 365 g/mol. The van der Waals surface area contributed by atoms with Crippen molar-refractivity contribution >= 4 is 22.6 Å². The van der Waals surface area contributed by atoms with Gasteiger partial charge < -0.3 is 5.32 Å². The van der Waals surface area contributed by atoms with Gasteiger partial charge in [0.2, 0.25) is 0 Å². The second-order valence-electron chi connectivity index (χ2n) is 5.02. The van der Waals surface area contributed by atoms with Gasteiger partial charge in [-0.1, -0.05) is 36.4 Å². The molecule has 1 N–H and O–H groups in total. The van der Waals surface area contributed by atoms with Crippen LogP contribution in [-0.4, -0.2) is 0 Å². The molecule has 100 valence electrons. The molecule has 2 aromatic rings. The molecule has 2 heteroatoms. The molecule has 0 aliphatic carbocycles. The summed E-state index contributed by atoms with van der Waals surface area (Å²) < 4.78 is 1.28. The second-order valence-corrected chi connectivity index (χ2v) is 6.26. The minimum absolute atomic E-state index is 0.353. The van der Waals surface area contributed by atoms with Crippen molar-refractivity contribution in [2.24, 2.45) is 0 Å². The molecule has 0 aromatic heterocycles. The SMILES string of the molecule is Cc1ccccc1C(C)NC(C)c1ccc(I)cc1. The molecule has 0 saturated carbocycles. The van der Waals surface area contributed by atoms with Gasteiger partial charge in [0, 0.05) is 15.7 Å². The van der Waals surface area contributed by atoms with Crippen LogP contribution in [0.3, 0.4) is 0 Å². The summed E-state index contributed by atoms with van der Waals surface area (Å²) in [6.45, 7) is 6.62. The fourth-order valence-corrected chi connectivity index (χ4v) is 2.74. The summed E-state index contributed by atoms with van der Waals surface area (Å²) in [6.07, 6.45) is 0. The van der Waals surface area contributed by atoms with Crippen LogP contribution in [0.5, 0.6) is 0 Å². The molecule has 0 spiro atoms. The molecule has 0 saturated heterocycles. The van der Waals surface area contributed by atoms with E-state index in [4.69, 9.17) is 0 Å². The molecular formula is C17H20IN. The van der Waals surface area contributed by atoms with Crippen molar-refractivity contribution < 1.29 is 0 Å². The first-order chi connectivity index (χ1) is 9.08. The topological polar surface area (TPSA) is 12.0 Å². The lowest BCUT2D eigenvalue weighted by Crippen LogP contribution is -2.23. The molecule has 19 heavy (non-hydrogen) atoms. The Hall–Kier alpha value is -0.870. The zero-order chi connectivity index (χ0) is 13.8. The molecule has 0 heterocycles. The summed E-state index contributed by atoms with van der Waals surface area (Å²) in [7, 11) is 0. The molecule has 2 unspecified atom stereocenters. The van der Waals surface area contributed by atoms with Crippen LogP contribution in [-0.2, 0) is 0 Å². The van der Waals surface area contributed by atoms with E-state index >= 15 is 0 Å². The van der Waals surface area contributed by atoms with Gasteiger partial charge in [-0.05, 0) is 72.2 Å². The van der Waals surface area contributed by atoms with E-state index in [9.17, 15) is 0 Å². The Morgan fingerprint density at radius 1 is 0.895 bits per heavy atom. The van der Waals surface area contributed by atoms with Gasteiger partial charge in [-0.3, -0.25) is 0 Å². The molecule has 2 rings (SSSR count). The van der Waals surface area contributed by atoms with Gasteiger partial charge in [0.05, 0.1) is 0 Å². The van der Waals surface area contributed by atoms with Crippen molar-refractivity contribution in [3.05, 3.63) is 68.8 Å². The van der Waals surface area contributed by atoms with Crippen molar-refractivity contribution in [2.45, 2.75) is 32.9 Å². The molecule has 0 bridgehead atoms. The van der Waals surface area contributed by atoms with Crippen molar-refractivity contribution in [1.82, 2.24) is 5.32 Å². The number of nitrogens with one attached hydrogen (secondary N) is 1. The standard InChI is InChI=1S/C17H20IN/c1-12-6-4-5-7-17(12)14(3)19-13(2)15-8-10-16(18)11-9-15/h4-11,13-14,19H,1-3H3. The average molecular weight is 365 g/mol. The Kier molecular flexibility index (Phi) is 4.99. The largest absolute Gasteiger partial charge is 0.304 e. The number of hydrogen-bond acceptors (Lipinski definition) is 1. The zero-order valence-electron chi connectivity index (χ0n) is 11.7. The summed E-state index contributed by atoms with van der Waals surface area (Å²) in [5.41, 5.74) is 4.05. The van der Waals surface area contributed by atoms with Gasteiger partial charge in [0.25, 0.3) is 0 Å². The molecule has 1 nitrogen and oxygen atoms in total. The van der Waals surface area contributed by atoms with Crippen LogP contribution in [0.15, 0.2) is 48.5 Å². The van der Waals surface area contributed by atoms with E-state index in [0.29, 0.717) is 12.1 Å². The van der Waals surface area contributed by atoms with E-state index in [-0.39, 0.29) is 0 Å². The molecule has 0 amide bonds. The van der Waals surface area contributed by atoms with Gasteiger partial charge in [0.1, 0.15) is 0 Å². The third kappa shape index (κ3) is 3.80. The van der Waals surface area contributed by atoms with Crippen LogP contribution < -0.4 is 5.32 Å². The smallest absolute Gasteiger partial charge is 0.0300 e. The normalized spacial score (nSPS) is 14.1. The van der Waals surface area contributed by atoms with Crippen LogP contribution >= 0.6 is 22.6 Å². The van der Waals surface area contributed by atoms with Crippen LogP contribution in [0, 0.1) is 10.5 Å². The van der Waals surface area contributed by atoms with Crippen molar-refractivity contribution in [3.8, 4) is 0 Å². The van der Waals surface area contributed by atoms with Gasteiger partial charge in [-0.25, -0.2) is 0 Å². The molecule has 2 aromatic carbocycles. The van der Waals surface area contributed by atoms with Gasteiger partial charge in [0.15, 0.2) is 0 Å². The van der Waals surface area contributed by atoms with E-state index in [1.807, 2.05) is 0 Å². The first-order valence-corrected chi connectivity index (χ1v) is 7.73. The van der Waals surface area contributed by atoms with Crippen molar-refractivity contribution in [3.63, 3.8) is 0 Å². The second kappa shape index (κ2) is 6.53. The Labute approximate surface area is 129 Å². The Bertz CT molecular complexity index is 533. The number of rotatable bonds is 4. The Balaban J connectivity index is 2.08. The minimum atomic E-state index is 0.353. The van der Waals surface area contributed by atoms with E-state index in [1.165, 1.54) is 20.3 Å². The van der Waals surface area contributed by atoms with Gasteiger partial charge in [-0.2, -0.15) is 0 Å². The summed E-state index contributed by atoms with van der Waals surface area (Å²) >= 11 is 2.34. The maximum absolute atomic E-state index is 3.67. The van der Waals surface area contributed by atoms with Gasteiger partial charge in [-0.15, -0.1) is 0 Å². The van der Waals surface area contributed by atoms with Crippen molar-refractivity contribution in [2.75, 3.05) is 0 Å². The number of aryl methyl sites for hydroxylation is 1. The first kappa shape index (κ1) is 14.5. The fraction of sp³-hybridized carbons (Fsp3) is 0.294. The van der Waals surface area contributed by atoms with Crippen LogP contribution in [0.4, 0.5) is 0 Å². The van der Waals surface area contributed by atoms with Crippen LogP contribution in [0.2, 0.25) is 0 Å². The zero-order valence-corrected chi connectivity index (χ0v) is 13.8. The first-order valence-electron chi connectivity index (χ1n) is 6.65. The average Bonchev–Trinajstić information content (AvgIpc) is 2.39. The highest BCUT2D eigenvalue weighted by molar-refractivity contribution is 14.1. The lowest BCUT2D eigenvalue weighted by molar-refractivity contribution is 0.493. The minimum Gasteiger partial charge on any atom is -0.304 e. The molecule has 0 aliphatic heterocycles. The van der Waals surface area contributed by atoms with E-state index in [2.05, 4.69) is 97.2 Å². The highest BCUT2D eigenvalue weighted by Crippen LogP contribution is 2.22. The third-order valence-corrected chi connectivity index (χ3v) is 4.24. The molecule has 0 fully saturated rings. The number of benzene rings is 2. The summed E-state index contributed by atoms with van der Waals surface area (Å²) in [4.78, 5) is 0. The van der Waals surface area contributed by atoms with E-state index < -0.39 is 0 Å². The molecular weight excluding hydrogens is 345 g/mol. The highest BCUT2D eigenvalue weighted by Gasteiger charge is 2.12. The van der Waals surface area contributed by atoms with Crippen molar-refractivity contribution in [1.29, 1.82) is 0 Å². The quantitative estimate of drug-likeness (QED) is 0.751. The van der Waals surface area contributed by atoms with E-state index in [1.54, 1.807) is 0 Å². The molecule has 2 atom stereocenters.